The summed E-state index contributed by atoms with van der Waals surface area (Å²) in [6, 6.07) is 10.6. The van der Waals surface area contributed by atoms with E-state index in [4.69, 9.17) is 9.68 Å². The monoisotopic (exact) mass is 680 g/mol. The minimum absolute atomic E-state index is 0.0116. The zero-order chi connectivity index (χ0) is 33.8. The zero-order valence-electron chi connectivity index (χ0n) is 25.2. The van der Waals surface area contributed by atoms with Crippen molar-refractivity contribution >= 4 is 86.7 Å². The van der Waals surface area contributed by atoms with Gasteiger partial charge in [0.25, 0.3) is 11.8 Å². The number of thioether (sulfide) groups is 1. The van der Waals surface area contributed by atoms with Crippen molar-refractivity contribution < 1.29 is 28.9 Å². The number of hydrogen-bond donors (Lipinski definition) is 7. The van der Waals surface area contributed by atoms with Gasteiger partial charge in [-0.05, 0) is 30.4 Å². The molecule has 0 aliphatic carbocycles. The molecule has 4 amide bonds. The molecule has 1 aromatic carbocycles. The largest absolute Gasteiger partial charge is 0.398 e. The molecule has 0 saturated carbocycles. The number of anilines is 5. The molecule has 0 spiro atoms. The molecule has 47 heavy (non-hydrogen) atoms. The van der Waals surface area contributed by atoms with Gasteiger partial charge >= 0.3 is 0 Å². The number of benzene rings is 1. The summed E-state index contributed by atoms with van der Waals surface area (Å²) >= 11 is 2.25. The molecule has 7 N–H and O–H groups in total. The number of nitrogens with one attached hydrogen (secondary N) is 7. The standard InChI is InChI=1S/C27H28N12O6S2/c1-14(40)28-17-12-19(46-13-17)22(39-45-4)24(43)35-37-27-32-25(30-16-8-6-5-7-9-16)31-26(33-27)36-34-23(42)21(38-44-3)18-10-11-20(47-18)29-15(2)41/h5-13,38H,1-4H3,(H,28,40)(H,34,42)(H,35,43)(H3,30,31,32,33,36,37). The van der Waals surface area contributed by atoms with Gasteiger partial charge < -0.3 is 15.5 Å². The van der Waals surface area contributed by atoms with Crippen molar-refractivity contribution in [1.82, 2.24) is 31.3 Å². The van der Waals surface area contributed by atoms with Crippen LogP contribution in [0.5, 0.6) is 0 Å². The number of carbonyl (C=O) groups is 4. The number of hydrazine groups is 2. The minimum atomic E-state index is -0.708. The van der Waals surface area contributed by atoms with E-state index in [0.29, 0.717) is 26.2 Å². The molecule has 244 valence electrons. The molecule has 3 aromatic rings. The number of carbonyl (C=O) groups excluding carboxylic acids is 4. The summed E-state index contributed by atoms with van der Waals surface area (Å²) in [7, 11) is 2.62. The van der Waals surface area contributed by atoms with E-state index < -0.39 is 11.8 Å². The van der Waals surface area contributed by atoms with E-state index in [2.05, 4.69) is 62.9 Å². The van der Waals surface area contributed by atoms with Crippen LogP contribution < -0.4 is 37.8 Å². The quantitative estimate of drug-likeness (QED) is 0.0779. The molecule has 1 aliphatic rings. The first kappa shape index (κ1) is 34.0. The minimum Gasteiger partial charge on any atom is -0.398 e. The highest BCUT2D eigenvalue weighted by Crippen LogP contribution is 2.29. The Morgan fingerprint density at radius 1 is 0.851 bits per heavy atom. The van der Waals surface area contributed by atoms with E-state index in [-0.39, 0.29) is 41.1 Å². The molecule has 0 saturated heterocycles. The second-order valence-corrected chi connectivity index (χ2v) is 10.9. The van der Waals surface area contributed by atoms with Gasteiger partial charge in [-0.25, -0.2) is 4.99 Å². The number of hydroxylamine groups is 1. The highest BCUT2D eigenvalue weighted by Gasteiger charge is 2.21. The Balaban J connectivity index is 1.52. The number of nitrogens with zero attached hydrogens (tertiary/aromatic N) is 5. The molecular formula is C27H28N12O6S2. The fourth-order valence-electron chi connectivity index (χ4n) is 3.55. The lowest BCUT2D eigenvalue weighted by Crippen LogP contribution is -2.38. The van der Waals surface area contributed by atoms with E-state index in [9.17, 15) is 19.2 Å². The first-order valence-corrected chi connectivity index (χ1v) is 15.0. The van der Waals surface area contributed by atoms with Crippen LogP contribution in [0.3, 0.4) is 0 Å². The van der Waals surface area contributed by atoms with Gasteiger partial charge in [-0.2, -0.15) is 15.0 Å². The molecule has 0 atom stereocenters. The lowest BCUT2D eigenvalue weighted by molar-refractivity contribution is -0.119. The molecule has 0 fully saturated rings. The third-order valence-electron chi connectivity index (χ3n) is 5.33. The van der Waals surface area contributed by atoms with Crippen LogP contribution in [-0.2, 0) is 28.9 Å². The van der Waals surface area contributed by atoms with Crippen LogP contribution in [0.2, 0.25) is 0 Å². The third kappa shape index (κ3) is 10.1. The summed E-state index contributed by atoms with van der Waals surface area (Å²) in [6.45, 7) is 2.68. The van der Waals surface area contributed by atoms with Crippen LogP contribution in [0, 0.1) is 0 Å². The van der Waals surface area contributed by atoms with Crippen LogP contribution in [0.15, 0.2) is 74.7 Å². The van der Waals surface area contributed by atoms with Crippen LogP contribution in [0.1, 0.15) is 18.7 Å². The van der Waals surface area contributed by atoms with Gasteiger partial charge in [-0.15, -0.1) is 11.3 Å². The van der Waals surface area contributed by atoms with Crippen LogP contribution in [0.4, 0.5) is 29.2 Å². The number of allylic oxidation sites excluding steroid dienone is 1. The van der Waals surface area contributed by atoms with Gasteiger partial charge in [-0.1, -0.05) is 35.1 Å². The fraction of sp³-hybridized carbons (Fsp3) is 0.148. The number of oxime groups is 1. The Kier molecular flexibility index (Phi) is 11.9. The number of hydrogen-bond acceptors (Lipinski definition) is 16. The maximum Gasteiger partial charge on any atom is 0.293 e. The van der Waals surface area contributed by atoms with Gasteiger partial charge in [0.15, 0.2) is 5.71 Å². The zero-order valence-corrected chi connectivity index (χ0v) is 26.8. The van der Waals surface area contributed by atoms with Crippen molar-refractivity contribution in [3.05, 3.63) is 69.4 Å². The van der Waals surface area contributed by atoms with E-state index in [1.165, 1.54) is 28.1 Å². The fourth-order valence-corrected chi connectivity index (χ4v) is 5.27. The van der Waals surface area contributed by atoms with E-state index in [1.807, 2.05) is 6.07 Å². The molecule has 18 nitrogen and oxygen atoms in total. The SMILES string of the molecule is CON=C(C(=O)NNc1nc(NNC(=O)C(NOC)=C2C=CC(=NC(C)=O)S2)nc(Nc2ccccc2)n1)c1cc(NC(C)=O)cs1. The van der Waals surface area contributed by atoms with E-state index in [1.54, 1.807) is 47.9 Å². The van der Waals surface area contributed by atoms with Crippen LogP contribution in [0.25, 0.3) is 0 Å². The van der Waals surface area contributed by atoms with Crippen molar-refractivity contribution in [2.24, 2.45) is 10.1 Å². The summed E-state index contributed by atoms with van der Waals surface area (Å²) in [5.41, 5.74) is 13.7. The first-order chi connectivity index (χ1) is 22.6. The Labute approximate surface area is 275 Å². The van der Waals surface area contributed by atoms with Crippen molar-refractivity contribution in [2.75, 3.05) is 35.7 Å². The van der Waals surface area contributed by atoms with Gasteiger partial charge in [0.05, 0.1) is 17.7 Å². The first-order valence-electron chi connectivity index (χ1n) is 13.3. The summed E-state index contributed by atoms with van der Waals surface area (Å²) in [5.74, 6) is -2.23. The molecule has 0 bridgehead atoms. The lowest BCUT2D eigenvalue weighted by atomic mass is 10.3. The predicted octanol–water partition coefficient (Wildman–Crippen LogP) is 2.18. The number of aliphatic imine (C=N–C) groups is 1. The number of amides is 4. The topological polar surface area (TPSA) is 234 Å². The maximum atomic E-state index is 13.1. The number of thiophene rings is 1. The van der Waals surface area contributed by atoms with Crippen molar-refractivity contribution in [2.45, 2.75) is 13.8 Å². The van der Waals surface area contributed by atoms with Crippen molar-refractivity contribution in [3.63, 3.8) is 0 Å². The Morgan fingerprint density at radius 3 is 2.17 bits per heavy atom. The van der Waals surface area contributed by atoms with Crippen molar-refractivity contribution in [3.8, 4) is 0 Å². The number of aromatic nitrogens is 3. The molecule has 2 aromatic heterocycles. The second kappa shape index (κ2) is 16.5. The Morgan fingerprint density at radius 2 is 1.53 bits per heavy atom. The molecule has 4 rings (SSSR count). The van der Waals surface area contributed by atoms with Gasteiger partial charge in [0.1, 0.15) is 17.9 Å². The highest BCUT2D eigenvalue weighted by molar-refractivity contribution is 8.18. The van der Waals surface area contributed by atoms with E-state index >= 15 is 0 Å². The average Bonchev–Trinajstić information content (AvgIpc) is 3.69. The normalized spacial score (nSPS) is 14.2. The second-order valence-electron chi connectivity index (χ2n) is 8.91. The predicted molar refractivity (Wildman–Crippen MR) is 177 cm³/mol. The van der Waals surface area contributed by atoms with Gasteiger partial charge in [0, 0.05) is 29.8 Å². The van der Waals surface area contributed by atoms with Gasteiger partial charge in [-0.3, -0.25) is 51.2 Å². The van der Waals surface area contributed by atoms with Crippen LogP contribution in [-0.4, -0.2) is 63.6 Å². The average molecular weight is 681 g/mol. The Bertz CT molecular complexity index is 1770. The lowest BCUT2D eigenvalue weighted by Gasteiger charge is -2.14. The summed E-state index contributed by atoms with van der Waals surface area (Å²) in [6.07, 6.45) is 3.18. The third-order valence-corrected chi connectivity index (χ3v) is 7.26. The van der Waals surface area contributed by atoms with E-state index in [0.717, 1.165) is 23.1 Å². The Hall–Kier alpha value is -5.86. The van der Waals surface area contributed by atoms with Gasteiger partial charge in [0.2, 0.25) is 29.7 Å². The number of para-hydroxylation sites is 1. The molecule has 0 radical (unpaired) electrons. The molecule has 20 heteroatoms. The summed E-state index contributed by atoms with van der Waals surface area (Å²) < 4.78 is 0. The van der Waals surface area contributed by atoms with Crippen molar-refractivity contribution in [1.29, 1.82) is 0 Å². The summed E-state index contributed by atoms with van der Waals surface area (Å²) in [4.78, 5) is 76.2. The maximum absolute atomic E-state index is 13.1. The molecular weight excluding hydrogens is 653 g/mol. The van der Waals surface area contributed by atoms with Crippen LogP contribution >= 0.6 is 23.1 Å². The molecule has 1 aliphatic heterocycles. The number of rotatable bonds is 13. The molecule has 3 heterocycles. The smallest absolute Gasteiger partial charge is 0.293 e. The molecule has 0 unspecified atom stereocenters. The highest BCUT2D eigenvalue weighted by atomic mass is 32.2. The summed E-state index contributed by atoms with van der Waals surface area (Å²) in [5, 5.41) is 11.5.